The van der Waals surface area contributed by atoms with Gasteiger partial charge in [-0.15, -0.1) is 0 Å². The van der Waals surface area contributed by atoms with Crippen LogP contribution in [0.25, 0.3) is 33.4 Å². The predicted octanol–water partition coefficient (Wildman–Crippen LogP) is 11.3. The van der Waals surface area contributed by atoms with Gasteiger partial charge in [0.05, 0.1) is 11.4 Å². The summed E-state index contributed by atoms with van der Waals surface area (Å²) in [5, 5.41) is 8.16. The minimum atomic E-state index is 0.747. The predicted molar refractivity (Wildman–Crippen MR) is 182 cm³/mol. The van der Waals surface area contributed by atoms with Crippen LogP contribution >= 0.6 is 0 Å². The van der Waals surface area contributed by atoms with Crippen LogP contribution in [0.2, 0.25) is 0 Å². The molecule has 0 atom stereocenters. The molecule has 2 saturated carbocycles. The lowest BCUT2D eigenvalue weighted by molar-refractivity contribution is 0.373. The zero-order chi connectivity index (χ0) is 28.7. The van der Waals surface area contributed by atoms with Crippen LogP contribution in [0.4, 0.5) is 11.4 Å². The van der Waals surface area contributed by atoms with Gasteiger partial charge < -0.3 is 10.6 Å². The highest BCUT2D eigenvalue weighted by molar-refractivity contribution is 6.00. The van der Waals surface area contributed by atoms with E-state index in [-0.39, 0.29) is 0 Å². The second kappa shape index (κ2) is 13.6. The molecule has 6 rings (SSSR count). The molecule has 0 radical (unpaired) electrons. The third-order valence-electron chi connectivity index (χ3n) is 9.83. The fraction of sp³-hybridized carbons (Fsp3) is 0.400. The maximum absolute atomic E-state index is 4.08. The van der Waals surface area contributed by atoms with E-state index in [1.165, 1.54) is 120 Å². The summed E-state index contributed by atoms with van der Waals surface area (Å²) in [5.41, 5.74) is 13.1. The van der Waals surface area contributed by atoms with Crippen molar-refractivity contribution in [2.45, 2.75) is 78.1 Å². The summed E-state index contributed by atoms with van der Waals surface area (Å²) in [6.45, 7) is 6.68. The van der Waals surface area contributed by atoms with Crippen LogP contribution in [0.5, 0.6) is 0 Å². The van der Waals surface area contributed by atoms with Crippen molar-refractivity contribution >= 4 is 11.4 Å². The zero-order valence-electron chi connectivity index (χ0n) is 25.7. The van der Waals surface area contributed by atoms with Gasteiger partial charge in [-0.2, -0.15) is 0 Å². The topological polar surface area (TPSA) is 24.1 Å². The van der Waals surface area contributed by atoms with E-state index in [0.717, 1.165) is 24.9 Å². The van der Waals surface area contributed by atoms with Crippen molar-refractivity contribution in [1.29, 1.82) is 0 Å². The van der Waals surface area contributed by atoms with Crippen molar-refractivity contribution in [2.24, 2.45) is 11.8 Å². The molecule has 2 heteroatoms. The van der Waals surface area contributed by atoms with E-state index >= 15 is 0 Å². The first-order valence-electron chi connectivity index (χ1n) is 16.5. The molecule has 4 aromatic carbocycles. The first-order valence-corrected chi connectivity index (χ1v) is 16.5. The molecule has 0 aliphatic heterocycles. The highest BCUT2D eigenvalue weighted by atomic mass is 14.9. The summed E-state index contributed by atoms with van der Waals surface area (Å²) < 4.78 is 0. The van der Waals surface area contributed by atoms with Crippen LogP contribution in [0.1, 0.15) is 75.3 Å². The van der Waals surface area contributed by atoms with E-state index in [1.807, 2.05) is 0 Å². The summed E-state index contributed by atoms with van der Waals surface area (Å²) in [4.78, 5) is 0. The van der Waals surface area contributed by atoms with E-state index in [1.54, 1.807) is 0 Å². The Morgan fingerprint density at radius 1 is 0.476 bits per heavy atom. The van der Waals surface area contributed by atoms with Crippen molar-refractivity contribution in [3.05, 3.63) is 96.1 Å². The van der Waals surface area contributed by atoms with E-state index in [0.29, 0.717) is 0 Å². The van der Waals surface area contributed by atoms with E-state index in [4.69, 9.17) is 0 Å². The molecule has 2 aliphatic rings. The minimum absolute atomic E-state index is 0.747. The molecule has 0 aromatic heterocycles. The number of anilines is 2. The van der Waals surface area contributed by atoms with Crippen LogP contribution in [0.3, 0.4) is 0 Å². The second-order valence-electron chi connectivity index (χ2n) is 12.9. The second-order valence-corrected chi connectivity index (χ2v) is 12.9. The maximum atomic E-state index is 4.08. The minimum Gasteiger partial charge on any atom is -0.384 e. The van der Waals surface area contributed by atoms with E-state index in [2.05, 4.69) is 109 Å². The zero-order valence-corrected chi connectivity index (χ0v) is 25.7. The van der Waals surface area contributed by atoms with Crippen LogP contribution in [-0.4, -0.2) is 13.1 Å². The lowest BCUT2D eigenvalue weighted by Crippen LogP contribution is -2.19. The fourth-order valence-corrected chi connectivity index (χ4v) is 7.42. The average molecular weight is 557 g/mol. The summed E-state index contributed by atoms with van der Waals surface area (Å²) in [6.07, 6.45) is 13.6. The van der Waals surface area contributed by atoms with Crippen molar-refractivity contribution in [2.75, 3.05) is 23.7 Å². The lowest BCUT2D eigenvalue weighted by Gasteiger charge is -2.28. The average Bonchev–Trinajstić information content (AvgIpc) is 3.05. The van der Waals surface area contributed by atoms with Gasteiger partial charge in [-0.1, -0.05) is 123 Å². The summed E-state index contributed by atoms with van der Waals surface area (Å²) in [5.74, 6) is 1.49. The number of benzene rings is 4. The van der Waals surface area contributed by atoms with Crippen molar-refractivity contribution in [1.82, 2.24) is 0 Å². The molecular weight excluding hydrogens is 508 g/mol. The molecule has 2 aliphatic carbocycles. The first kappa shape index (κ1) is 28.6. The van der Waals surface area contributed by atoms with Crippen LogP contribution in [0, 0.1) is 25.7 Å². The van der Waals surface area contributed by atoms with Gasteiger partial charge in [-0.3, -0.25) is 0 Å². The molecule has 0 spiro atoms. The Balaban J connectivity index is 1.51. The van der Waals surface area contributed by atoms with E-state index < -0.39 is 0 Å². The van der Waals surface area contributed by atoms with Gasteiger partial charge in [0.1, 0.15) is 0 Å². The standard InChI is InChI=1S/C40H48N2/c1-29-23-25-35(33-19-11-5-12-20-33)39(41-27-31-15-7-3-8-16-31)37(29)38-30(2)24-26-36(34-21-13-6-14-22-34)40(38)42-28-32-17-9-4-10-18-32/h5-6,11-14,19-26,31-32,41-42H,3-4,7-10,15-18,27-28H2,1-2H3. The molecule has 4 aromatic rings. The first-order chi connectivity index (χ1) is 20.7. The van der Waals surface area contributed by atoms with Crippen molar-refractivity contribution in [3.63, 3.8) is 0 Å². The third-order valence-corrected chi connectivity index (χ3v) is 9.83. The van der Waals surface area contributed by atoms with Crippen LogP contribution < -0.4 is 10.6 Å². The summed E-state index contributed by atoms with van der Waals surface area (Å²) >= 11 is 0. The van der Waals surface area contributed by atoms with Gasteiger partial charge in [0.25, 0.3) is 0 Å². The number of nitrogens with one attached hydrogen (secondary N) is 2. The number of hydrogen-bond acceptors (Lipinski definition) is 2. The Labute approximate surface area is 254 Å². The number of aryl methyl sites for hydroxylation is 2. The molecule has 0 saturated heterocycles. The highest BCUT2D eigenvalue weighted by Crippen LogP contribution is 2.47. The van der Waals surface area contributed by atoms with Crippen LogP contribution in [0.15, 0.2) is 84.9 Å². The quantitative estimate of drug-likeness (QED) is 0.214. The summed E-state index contributed by atoms with van der Waals surface area (Å²) in [6, 6.07) is 31.3. The normalized spacial score (nSPS) is 16.3. The summed E-state index contributed by atoms with van der Waals surface area (Å²) in [7, 11) is 0. The fourth-order valence-electron chi connectivity index (χ4n) is 7.42. The maximum Gasteiger partial charge on any atom is 0.0503 e. The van der Waals surface area contributed by atoms with Crippen molar-refractivity contribution < 1.29 is 0 Å². The Hall–Kier alpha value is -3.52. The lowest BCUT2D eigenvalue weighted by atomic mass is 9.85. The monoisotopic (exact) mass is 556 g/mol. The highest BCUT2D eigenvalue weighted by Gasteiger charge is 2.24. The molecule has 2 fully saturated rings. The van der Waals surface area contributed by atoms with Gasteiger partial charge >= 0.3 is 0 Å². The Morgan fingerprint density at radius 3 is 1.24 bits per heavy atom. The molecule has 42 heavy (non-hydrogen) atoms. The van der Waals surface area contributed by atoms with Crippen molar-refractivity contribution in [3.8, 4) is 33.4 Å². The molecular formula is C40H48N2. The Kier molecular flexibility index (Phi) is 9.28. The molecule has 0 heterocycles. The van der Waals surface area contributed by atoms with Crippen LogP contribution in [-0.2, 0) is 0 Å². The third kappa shape index (κ3) is 6.43. The smallest absolute Gasteiger partial charge is 0.0503 e. The molecule has 2 N–H and O–H groups in total. The van der Waals surface area contributed by atoms with Gasteiger partial charge in [-0.05, 0) is 73.6 Å². The van der Waals surface area contributed by atoms with Gasteiger partial charge in [0.15, 0.2) is 0 Å². The van der Waals surface area contributed by atoms with Gasteiger partial charge in [-0.25, -0.2) is 0 Å². The molecule has 2 nitrogen and oxygen atoms in total. The Bertz CT molecular complexity index is 1330. The SMILES string of the molecule is Cc1ccc(-c2ccccc2)c(NCC2CCCCC2)c1-c1c(C)ccc(-c2ccccc2)c1NCC1CCCCC1. The molecule has 0 amide bonds. The largest absolute Gasteiger partial charge is 0.384 e. The molecule has 218 valence electrons. The van der Waals surface area contributed by atoms with Gasteiger partial charge in [0.2, 0.25) is 0 Å². The number of hydrogen-bond donors (Lipinski definition) is 2. The number of rotatable bonds is 9. The van der Waals surface area contributed by atoms with E-state index in [9.17, 15) is 0 Å². The molecule has 0 unspecified atom stereocenters. The van der Waals surface area contributed by atoms with Gasteiger partial charge in [0, 0.05) is 35.3 Å². The Morgan fingerprint density at radius 2 is 0.857 bits per heavy atom. The molecule has 0 bridgehead atoms.